The molecule has 0 atom stereocenters. The van der Waals surface area contributed by atoms with Crippen LogP contribution in [0.3, 0.4) is 0 Å². The number of aromatic nitrogens is 1. The van der Waals surface area contributed by atoms with E-state index < -0.39 is 0 Å². The Morgan fingerprint density at radius 1 is 1.14 bits per heavy atom. The summed E-state index contributed by atoms with van der Waals surface area (Å²) in [5.41, 5.74) is 3.27. The van der Waals surface area contributed by atoms with Crippen molar-refractivity contribution in [2.24, 2.45) is 0 Å². The number of halogens is 1. The average molecular weight is 346 g/mol. The smallest absolute Gasteiger partial charge is 0.231 e. The molecule has 3 rings (SSSR count). The molecule has 3 aromatic rings. The number of oxazole rings is 1. The summed E-state index contributed by atoms with van der Waals surface area (Å²) in [6, 6.07) is 11.1. The monoisotopic (exact) mass is 345 g/mol. The van der Waals surface area contributed by atoms with E-state index in [9.17, 15) is 5.11 Å². The summed E-state index contributed by atoms with van der Waals surface area (Å²) in [7, 11) is 0. The van der Waals surface area contributed by atoms with Crippen LogP contribution in [0.25, 0.3) is 22.6 Å². The molecule has 0 amide bonds. The first-order chi connectivity index (χ1) is 9.86. The maximum Gasteiger partial charge on any atom is 0.231 e. The molecule has 0 aliphatic rings. The number of aromatic hydroxyl groups is 1. The van der Waals surface area contributed by atoms with Gasteiger partial charge in [0.05, 0.1) is 5.56 Å². The first kappa shape index (κ1) is 14.1. The summed E-state index contributed by atoms with van der Waals surface area (Å²) in [4.78, 5) is 4.49. The highest BCUT2D eigenvalue weighted by molar-refractivity contribution is 9.10. The van der Waals surface area contributed by atoms with E-state index >= 15 is 0 Å². The van der Waals surface area contributed by atoms with Gasteiger partial charge in [-0.25, -0.2) is 4.98 Å². The van der Waals surface area contributed by atoms with E-state index in [1.54, 1.807) is 18.2 Å². The van der Waals surface area contributed by atoms with Crippen LogP contribution in [0.4, 0.5) is 0 Å². The number of phenolic OH excluding ortho intramolecular Hbond substituents is 1. The molecule has 0 radical (unpaired) electrons. The van der Waals surface area contributed by atoms with Crippen LogP contribution in [0.2, 0.25) is 0 Å². The Morgan fingerprint density at radius 2 is 1.86 bits per heavy atom. The highest BCUT2D eigenvalue weighted by atomic mass is 79.9. The van der Waals surface area contributed by atoms with Gasteiger partial charge in [0, 0.05) is 4.47 Å². The third kappa shape index (κ3) is 2.56. The first-order valence-corrected chi connectivity index (χ1v) is 7.54. The summed E-state index contributed by atoms with van der Waals surface area (Å²) in [5, 5.41) is 9.93. The van der Waals surface area contributed by atoms with Gasteiger partial charge in [0.1, 0.15) is 11.3 Å². The third-order valence-electron chi connectivity index (χ3n) is 3.45. The fourth-order valence-electron chi connectivity index (χ4n) is 2.19. The number of nitrogens with zero attached hydrogens (tertiary/aromatic N) is 1. The van der Waals surface area contributed by atoms with Gasteiger partial charge < -0.3 is 9.52 Å². The fourth-order valence-corrected chi connectivity index (χ4v) is 2.72. The van der Waals surface area contributed by atoms with E-state index in [4.69, 9.17) is 4.42 Å². The SMILES string of the molecule is CC(C)(C)c1cc(Br)c2nc(-c3ccccc3O)oc2c1. The minimum absolute atomic E-state index is 0.0263. The van der Waals surface area contributed by atoms with Crippen molar-refractivity contribution in [1.82, 2.24) is 4.98 Å². The number of hydrogen-bond donors (Lipinski definition) is 1. The Labute approximate surface area is 131 Å². The lowest BCUT2D eigenvalue weighted by Gasteiger charge is -2.18. The Kier molecular flexibility index (Phi) is 3.29. The topological polar surface area (TPSA) is 46.3 Å². The second-order valence-corrected chi connectivity index (χ2v) is 6.95. The number of fused-ring (bicyclic) bond motifs is 1. The number of para-hydroxylation sites is 1. The lowest BCUT2D eigenvalue weighted by Crippen LogP contribution is -2.10. The van der Waals surface area contributed by atoms with Gasteiger partial charge in [-0.2, -0.15) is 0 Å². The quantitative estimate of drug-likeness (QED) is 0.654. The molecule has 3 nitrogen and oxygen atoms in total. The number of rotatable bonds is 1. The van der Waals surface area contributed by atoms with Gasteiger partial charge >= 0.3 is 0 Å². The van der Waals surface area contributed by atoms with Crippen LogP contribution in [-0.2, 0) is 5.41 Å². The number of benzene rings is 2. The average Bonchev–Trinajstić information content (AvgIpc) is 2.82. The third-order valence-corrected chi connectivity index (χ3v) is 4.05. The standard InChI is InChI=1S/C17H16BrNO2/c1-17(2,3)10-8-12(18)15-14(9-10)21-16(19-15)11-6-4-5-7-13(11)20/h4-9,20H,1-3H3. The van der Waals surface area contributed by atoms with Crippen LogP contribution in [-0.4, -0.2) is 10.1 Å². The highest BCUT2D eigenvalue weighted by Gasteiger charge is 2.19. The van der Waals surface area contributed by atoms with Crippen LogP contribution in [0, 0.1) is 0 Å². The van der Waals surface area contributed by atoms with Crippen molar-refractivity contribution in [3.8, 4) is 17.2 Å². The van der Waals surface area contributed by atoms with Gasteiger partial charge in [0.25, 0.3) is 0 Å². The second kappa shape index (κ2) is 4.88. The Balaban J connectivity index is 2.21. The summed E-state index contributed by atoms with van der Waals surface area (Å²) in [6.45, 7) is 6.46. The molecule has 0 bridgehead atoms. The number of phenols is 1. The largest absolute Gasteiger partial charge is 0.507 e. The van der Waals surface area contributed by atoms with E-state index in [0.29, 0.717) is 17.0 Å². The van der Waals surface area contributed by atoms with Crippen molar-refractivity contribution in [2.75, 3.05) is 0 Å². The molecule has 0 spiro atoms. The van der Waals surface area contributed by atoms with E-state index in [-0.39, 0.29) is 11.2 Å². The van der Waals surface area contributed by atoms with Gasteiger partial charge in [-0.1, -0.05) is 32.9 Å². The Bertz CT molecular complexity index is 815. The van der Waals surface area contributed by atoms with Gasteiger partial charge in [-0.3, -0.25) is 0 Å². The molecular weight excluding hydrogens is 330 g/mol. The Morgan fingerprint density at radius 3 is 2.52 bits per heavy atom. The van der Waals surface area contributed by atoms with Crippen molar-refractivity contribution in [3.63, 3.8) is 0 Å². The summed E-state index contributed by atoms with van der Waals surface area (Å²) < 4.78 is 6.75. The molecule has 0 saturated heterocycles. The molecule has 4 heteroatoms. The Hall–Kier alpha value is -1.81. The lowest BCUT2D eigenvalue weighted by atomic mass is 9.87. The predicted molar refractivity (Wildman–Crippen MR) is 87.5 cm³/mol. The highest BCUT2D eigenvalue weighted by Crippen LogP contribution is 2.36. The second-order valence-electron chi connectivity index (χ2n) is 6.09. The van der Waals surface area contributed by atoms with Crippen molar-refractivity contribution in [3.05, 3.63) is 46.4 Å². The molecular formula is C17H16BrNO2. The normalized spacial score (nSPS) is 12.0. The molecule has 1 heterocycles. The zero-order valence-electron chi connectivity index (χ0n) is 12.1. The first-order valence-electron chi connectivity index (χ1n) is 6.75. The van der Waals surface area contributed by atoms with Gasteiger partial charge in [-0.05, 0) is 51.2 Å². The van der Waals surface area contributed by atoms with E-state index in [1.807, 2.05) is 12.1 Å². The van der Waals surface area contributed by atoms with E-state index in [0.717, 1.165) is 9.99 Å². The van der Waals surface area contributed by atoms with Crippen molar-refractivity contribution in [1.29, 1.82) is 0 Å². The van der Waals surface area contributed by atoms with Crippen molar-refractivity contribution in [2.45, 2.75) is 26.2 Å². The van der Waals surface area contributed by atoms with Crippen LogP contribution < -0.4 is 0 Å². The predicted octanol–water partition coefficient (Wildman–Crippen LogP) is 5.26. The molecule has 1 N–H and O–H groups in total. The summed E-state index contributed by atoms with van der Waals surface area (Å²) in [5.74, 6) is 0.589. The van der Waals surface area contributed by atoms with E-state index in [1.165, 1.54) is 5.56 Å². The molecule has 21 heavy (non-hydrogen) atoms. The maximum absolute atomic E-state index is 9.93. The summed E-state index contributed by atoms with van der Waals surface area (Å²) in [6.07, 6.45) is 0. The van der Waals surface area contributed by atoms with Crippen molar-refractivity contribution < 1.29 is 9.52 Å². The minimum Gasteiger partial charge on any atom is -0.507 e. The molecule has 0 aliphatic carbocycles. The number of hydrogen-bond acceptors (Lipinski definition) is 3. The zero-order valence-corrected chi connectivity index (χ0v) is 13.7. The molecule has 108 valence electrons. The van der Waals surface area contributed by atoms with Gasteiger partial charge in [0.2, 0.25) is 5.89 Å². The van der Waals surface area contributed by atoms with Crippen LogP contribution >= 0.6 is 15.9 Å². The minimum atomic E-state index is 0.0263. The molecule has 0 saturated carbocycles. The lowest BCUT2D eigenvalue weighted by molar-refractivity contribution is 0.474. The van der Waals surface area contributed by atoms with E-state index in [2.05, 4.69) is 47.8 Å². The van der Waals surface area contributed by atoms with Crippen LogP contribution in [0.5, 0.6) is 5.75 Å². The fraction of sp³-hybridized carbons (Fsp3) is 0.235. The molecule has 0 aliphatic heterocycles. The van der Waals surface area contributed by atoms with Crippen LogP contribution in [0.15, 0.2) is 45.3 Å². The molecule has 1 aromatic heterocycles. The van der Waals surface area contributed by atoms with Crippen molar-refractivity contribution >= 4 is 27.0 Å². The molecule has 2 aromatic carbocycles. The van der Waals surface area contributed by atoms with Crippen LogP contribution in [0.1, 0.15) is 26.3 Å². The molecule has 0 unspecified atom stereocenters. The maximum atomic E-state index is 9.93. The van der Waals surface area contributed by atoms with Gasteiger partial charge in [0.15, 0.2) is 5.58 Å². The zero-order chi connectivity index (χ0) is 15.2. The summed E-state index contributed by atoms with van der Waals surface area (Å²) >= 11 is 3.56. The molecule has 0 fully saturated rings. The van der Waals surface area contributed by atoms with Gasteiger partial charge in [-0.15, -0.1) is 0 Å².